The van der Waals surface area contributed by atoms with E-state index in [4.69, 9.17) is 4.74 Å². The molecule has 0 amide bonds. The number of carbonyl (C=O) groups is 1. The fourth-order valence-electron chi connectivity index (χ4n) is 1.73. The summed E-state index contributed by atoms with van der Waals surface area (Å²) in [7, 11) is 2.63. The number of alkyl halides is 1. The smallest absolute Gasteiger partial charge is 0.354 e. The summed E-state index contributed by atoms with van der Waals surface area (Å²) < 4.78 is 23.5. The molecule has 1 aliphatic heterocycles. The molecule has 0 aromatic heterocycles. The first kappa shape index (κ1) is 12.4. The number of ether oxygens (including phenoxy) is 2. The number of aliphatic hydroxyl groups is 1. The molecular formula is C12H12FNO4. The van der Waals surface area contributed by atoms with E-state index in [9.17, 15) is 14.3 Å². The molecule has 0 saturated carbocycles. The van der Waals surface area contributed by atoms with Gasteiger partial charge in [-0.15, -0.1) is 0 Å². The predicted molar refractivity (Wildman–Crippen MR) is 61.7 cm³/mol. The van der Waals surface area contributed by atoms with Gasteiger partial charge in [-0.05, 0) is 12.1 Å². The largest absolute Gasteiger partial charge is 0.497 e. The second kappa shape index (κ2) is 4.30. The van der Waals surface area contributed by atoms with Crippen LogP contribution >= 0.6 is 0 Å². The van der Waals surface area contributed by atoms with Gasteiger partial charge in [0.1, 0.15) is 11.4 Å². The molecule has 0 radical (unpaired) electrons. The van der Waals surface area contributed by atoms with E-state index >= 15 is 0 Å². The monoisotopic (exact) mass is 253 g/mol. The van der Waals surface area contributed by atoms with Crippen molar-refractivity contribution in [2.45, 2.75) is 5.85 Å². The van der Waals surface area contributed by atoms with Crippen LogP contribution in [0.15, 0.2) is 30.0 Å². The highest BCUT2D eigenvalue weighted by molar-refractivity contribution is 5.93. The molecule has 18 heavy (non-hydrogen) atoms. The summed E-state index contributed by atoms with van der Waals surface area (Å²) in [5.41, 5.74) is 0.0986. The Hall–Kier alpha value is -2.08. The highest BCUT2D eigenvalue weighted by Gasteiger charge is 2.35. The van der Waals surface area contributed by atoms with Gasteiger partial charge in [0.05, 0.1) is 19.9 Å². The molecular weight excluding hydrogens is 241 g/mol. The number of fused-ring (bicyclic) bond motifs is 1. The zero-order valence-corrected chi connectivity index (χ0v) is 9.86. The van der Waals surface area contributed by atoms with Gasteiger partial charge in [-0.3, -0.25) is 0 Å². The highest BCUT2D eigenvalue weighted by Crippen LogP contribution is 2.38. The molecule has 1 atom stereocenters. The van der Waals surface area contributed by atoms with E-state index in [1.807, 2.05) is 0 Å². The summed E-state index contributed by atoms with van der Waals surface area (Å²) in [6, 6.07) is 4.38. The van der Waals surface area contributed by atoms with Crippen LogP contribution in [0.4, 0.5) is 10.1 Å². The third kappa shape index (κ3) is 2.02. The third-order valence-electron chi connectivity index (χ3n) is 2.61. The Bertz CT molecular complexity index is 525. The van der Waals surface area contributed by atoms with E-state index in [0.29, 0.717) is 5.75 Å². The average molecular weight is 253 g/mol. The number of benzene rings is 1. The highest BCUT2D eigenvalue weighted by atomic mass is 19.2. The number of rotatable bonds is 2. The molecule has 6 heteroatoms. The standard InChI is InChI=1S/C12H12FNO4/c1-17-7-3-4-8-9(5-7)14-10(11(15)18-2)6-12(8,13)16/h3-6,14,16H,1-2H3. The van der Waals surface area contributed by atoms with E-state index < -0.39 is 11.8 Å². The van der Waals surface area contributed by atoms with E-state index in [-0.39, 0.29) is 16.9 Å². The number of carbonyl (C=O) groups excluding carboxylic acids is 1. The quantitative estimate of drug-likeness (QED) is 0.777. The number of halogens is 1. The van der Waals surface area contributed by atoms with Gasteiger partial charge in [-0.25, -0.2) is 9.18 Å². The summed E-state index contributed by atoms with van der Waals surface area (Å²) in [5, 5.41) is 12.4. The van der Waals surface area contributed by atoms with Crippen LogP contribution < -0.4 is 10.1 Å². The molecule has 0 aliphatic carbocycles. The van der Waals surface area contributed by atoms with Crippen LogP contribution in [0.1, 0.15) is 5.56 Å². The molecule has 96 valence electrons. The lowest BCUT2D eigenvalue weighted by atomic mass is 9.99. The van der Waals surface area contributed by atoms with Crippen LogP contribution in [-0.4, -0.2) is 25.3 Å². The summed E-state index contributed by atoms with van der Waals surface area (Å²) in [6.45, 7) is 0. The van der Waals surface area contributed by atoms with E-state index in [1.165, 1.54) is 32.4 Å². The van der Waals surface area contributed by atoms with Crippen molar-refractivity contribution >= 4 is 11.7 Å². The maximum absolute atomic E-state index is 14.0. The van der Waals surface area contributed by atoms with Gasteiger partial charge in [-0.2, -0.15) is 0 Å². The van der Waals surface area contributed by atoms with E-state index in [0.717, 1.165) is 6.08 Å². The number of hydrogen-bond acceptors (Lipinski definition) is 5. The Kier molecular flexibility index (Phi) is 2.96. The fraction of sp³-hybridized carbons (Fsp3) is 0.250. The normalized spacial score (nSPS) is 21.4. The minimum Gasteiger partial charge on any atom is -0.497 e. The Morgan fingerprint density at radius 1 is 1.44 bits per heavy atom. The first-order chi connectivity index (χ1) is 8.47. The number of esters is 1. The molecule has 0 fully saturated rings. The lowest BCUT2D eigenvalue weighted by Gasteiger charge is -2.26. The Labute approximate surface area is 103 Å². The van der Waals surface area contributed by atoms with Gasteiger partial charge in [0.15, 0.2) is 0 Å². The molecule has 0 spiro atoms. The second-order valence-electron chi connectivity index (χ2n) is 3.76. The Morgan fingerprint density at radius 3 is 2.78 bits per heavy atom. The zero-order valence-electron chi connectivity index (χ0n) is 9.86. The number of anilines is 1. The molecule has 2 rings (SSSR count). The summed E-state index contributed by atoms with van der Waals surface area (Å²) in [5.74, 6) is -3.01. The van der Waals surface area contributed by atoms with Crippen molar-refractivity contribution in [3.8, 4) is 5.75 Å². The minimum atomic E-state index is -2.73. The fourth-order valence-corrected chi connectivity index (χ4v) is 1.73. The second-order valence-corrected chi connectivity index (χ2v) is 3.76. The molecule has 1 unspecified atom stereocenters. The first-order valence-corrected chi connectivity index (χ1v) is 5.16. The van der Waals surface area contributed by atoms with E-state index in [1.54, 1.807) is 0 Å². The van der Waals surface area contributed by atoms with Gasteiger partial charge >= 0.3 is 5.97 Å². The van der Waals surface area contributed by atoms with Crippen molar-refractivity contribution in [1.82, 2.24) is 0 Å². The summed E-state index contributed by atoms with van der Waals surface area (Å²) in [4.78, 5) is 11.4. The van der Waals surface area contributed by atoms with Crippen molar-refractivity contribution in [1.29, 1.82) is 0 Å². The molecule has 0 saturated heterocycles. The van der Waals surface area contributed by atoms with E-state index in [2.05, 4.69) is 10.1 Å². The van der Waals surface area contributed by atoms with Crippen molar-refractivity contribution in [2.75, 3.05) is 19.5 Å². The van der Waals surface area contributed by atoms with Crippen LogP contribution in [0.5, 0.6) is 5.75 Å². The molecule has 1 aromatic rings. The average Bonchev–Trinajstić information content (AvgIpc) is 2.36. The lowest BCUT2D eigenvalue weighted by Crippen LogP contribution is -2.28. The van der Waals surface area contributed by atoms with Crippen molar-refractivity contribution < 1.29 is 23.8 Å². The van der Waals surface area contributed by atoms with Crippen LogP contribution in [0, 0.1) is 0 Å². The molecule has 1 aliphatic rings. The molecule has 5 nitrogen and oxygen atoms in total. The summed E-state index contributed by atoms with van der Waals surface area (Å²) >= 11 is 0. The topological polar surface area (TPSA) is 67.8 Å². The number of methoxy groups -OCH3 is 2. The van der Waals surface area contributed by atoms with Crippen molar-refractivity contribution in [2.24, 2.45) is 0 Å². The SMILES string of the molecule is COC(=O)C1=CC(O)(F)c2ccc(OC)cc2N1. The molecule has 1 heterocycles. The lowest BCUT2D eigenvalue weighted by molar-refractivity contribution is -0.136. The van der Waals surface area contributed by atoms with Gasteiger partial charge in [-0.1, -0.05) is 0 Å². The van der Waals surface area contributed by atoms with Crippen molar-refractivity contribution in [3.05, 3.63) is 35.5 Å². The Balaban J connectivity index is 2.47. The number of nitrogens with one attached hydrogen (secondary N) is 1. The summed E-state index contributed by atoms with van der Waals surface area (Å²) in [6.07, 6.45) is 0.771. The maximum Gasteiger partial charge on any atom is 0.354 e. The molecule has 2 N–H and O–H groups in total. The van der Waals surface area contributed by atoms with Crippen molar-refractivity contribution in [3.63, 3.8) is 0 Å². The minimum absolute atomic E-state index is 0.0101. The Morgan fingerprint density at radius 2 is 2.17 bits per heavy atom. The zero-order chi connectivity index (χ0) is 13.3. The first-order valence-electron chi connectivity index (χ1n) is 5.16. The van der Waals surface area contributed by atoms with Gasteiger partial charge in [0, 0.05) is 17.7 Å². The number of hydrogen-bond donors (Lipinski definition) is 2. The van der Waals surface area contributed by atoms with Gasteiger partial charge in [0.25, 0.3) is 5.85 Å². The van der Waals surface area contributed by atoms with Gasteiger partial charge in [0.2, 0.25) is 0 Å². The predicted octanol–water partition coefficient (Wildman–Crippen LogP) is 1.29. The molecule has 1 aromatic carbocycles. The van der Waals surface area contributed by atoms with Crippen LogP contribution in [0.25, 0.3) is 0 Å². The maximum atomic E-state index is 14.0. The van der Waals surface area contributed by atoms with Gasteiger partial charge < -0.3 is 19.9 Å². The van der Waals surface area contributed by atoms with Crippen LogP contribution in [-0.2, 0) is 15.4 Å². The third-order valence-corrected chi connectivity index (χ3v) is 2.61. The molecule has 0 bridgehead atoms. The van der Waals surface area contributed by atoms with Crippen LogP contribution in [0.2, 0.25) is 0 Å². The van der Waals surface area contributed by atoms with Crippen LogP contribution in [0.3, 0.4) is 0 Å².